The Labute approximate surface area is 140 Å². The molecule has 2 aromatic carbocycles. The van der Waals surface area contributed by atoms with E-state index in [9.17, 15) is 8.42 Å². The summed E-state index contributed by atoms with van der Waals surface area (Å²) < 4.78 is 23.0. The Morgan fingerprint density at radius 1 is 0.957 bits per heavy atom. The molecule has 3 nitrogen and oxygen atoms in total. The van der Waals surface area contributed by atoms with Crippen LogP contribution in [-0.4, -0.2) is 19.7 Å². The molecule has 0 atom stereocenters. The third-order valence-corrected chi connectivity index (χ3v) is 5.83. The van der Waals surface area contributed by atoms with Gasteiger partial charge in [-0.3, -0.25) is 0 Å². The zero-order valence-electron chi connectivity index (χ0n) is 13.0. The maximum Gasteiger partial charge on any atom is 0.175 e. The van der Waals surface area contributed by atoms with E-state index in [0.717, 1.165) is 17.7 Å². The zero-order valence-corrected chi connectivity index (χ0v) is 14.6. The molecule has 0 saturated heterocycles. The molecule has 0 radical (unpaired) electrons. The van der Waals surface area contributed by atoms with Crippen LogP contribution in [0, 0.1) is 6.92 Å². The van der Waals surface area contributed by atoms with Crippen LogP contribution >= 0.6 is 11.3 Å². The summed E-state index contributed by atoms with van der Waals surface area (Å²) in [6.45, 7) is 2.02. The van der Waals surface area contributed by atoms with Crippen LogP contribution in [0.3, 0.4) is 0 Å². The first kappa shape index (κ1) is 15.9. The van der Waals surface area contributed by atoms with Gasteiger partial charge in [0.15, 0.2) is 9.84 Å². The molecular formula is C18H17NO2S2. The van der Waals surface area contributed by atoms with Crippen molar-refractivity contribution >= 4 is 21.2 Å². The van der Waals surface area contributed by atoms with Crippen LogP contribution in [0.2, 0.25) is 0 Å². The molecule has 1 heterocycles. The van der Waals surface area contributed by atoms with E-state index in [-0.39, 0.29) is 0 Å². The smallest absolute Gasteiger partial charge is 0.175 e. The van der Waals surface area contributed by atoms with Crippen molar-refractivity contribution in [1.29, 1.82) is 0 Å². The Morgan fingerprint density at radius 2 is 1.52 bits per heavy atom. The van der Waals surface area contributed by atoms with E-state index < -0.39 is 9.84 Å². The minimum atomic E-state index is -3.13. The van der Waals surface area contributed by atoms with Gasteiger partial charge in [0.25, 0.3) is 0 Å². The van der Waals surface area contributed by atoms with Crippen molar-refractivity contribution in [2.45, 2.75) is 18.2 Å². The fourth-order valence-corrected chi connectivity index (χ4v) is 3.89. The van der Waals surface area contributed by atoms with Gasteiger partial charge in [-0.1, -0.05) is 36.4 Å². The number of nitrogens with zero attached hydrogens (tertiary/aromatic N) is 1. The minimum absolute atomic E-state index is 0.359. The molecule has 0 unspecified atom stereocenters. The average molecular weight is 343 g/mol. The molecular weight excluding hydrogens is 326 g/mol. The number of benzene rings is 2. The number of hydrogen-bond acceptors (Lipinski definition) is 4. The van der Waals surface area contributed by atoms with Gasteiger partial charge in [-0.2, -0.15) is 0 Å². The third kappa shape index (κ3) is 3.68. The molecule has 0 amide bonds. The lowest BCUT2D eigenvalue weighted by Gasteiger charge is -2.05. The monoisotopic (exact) mass is 343 g/mol. The van der Waals surface area contributed by atoms with E-state index in [0.29, 0.717) is 4.90 Å². The molecule has 0 spiro atoms. The molecule has 1 aromatic heterocycles. The van der Waals surface area contributed by atoms with E-state index in [1.165, 1.54) is 22.3 Å². The van der Waals surface area contributed by atoms with Crippen LogP contribution in [0.5, 0.6) is 0 Å². The first-order valence-electron chi connectivity index (χ1n) is 7.22. The second kappa shape index (κ2) is 6.26. The number of rotatable bonds is 4. The number of sulfone groups is 1. The number of aryl methyl sites for hydroxylation is 1. The van der Waals surface area contributed by atoms with Crippen LogP contribution in [-0.2, 0) is 16.3 Å². The first-order valence-corrected chi connectivity index (χ1v) is 9.99. The summed E-state index contributed by atoms with van der Waals surface area (Å²) in [5, 5.41) is 0. The normalized spacial score (nSPS) is 11.6. The van der Waals surface area contributed by atoms with Crippen LogP contribution in [0.4, 0.5) is 0 Å². The van der Waals surface area contributed by atoms with Crippen molar-refractivity contribution in [3.8, 4) is 10.4 Å². The molecule has 0 aliphatic carbocycles. The molecule has 0 aliphatic heterocycles. The van der Waals surface area contributed by atoms with Gasteiger partial charge in [0.05, 0.1) is 21.0 Å². The predicted molar refractivity (Wildman–Crippen MR) is 94.6 cm³/mol. The second-order valence-electron chi connectivity index (χ2n) is 5.56. The SMILES string of the molecule is Cc1ncsc1-c1ccc(Cc2ccc(S(C)(=O)=O)cc2)cc1. The van der Waals surface area contributed by atoms with E-state index in [1.54, 1.807) is 23.5 Å². The highest BCUT2D eigenvalue weighted by Gasteiger charge is 2.07. The van der Waals surface area contributed by atoms with Gasteiger partial charge in [-0.15, -0.1) is 11.3 Å². The number of hydrogen-bond donors (Lipinski definition) is 0. The van der Waals surface area contributed by atoms with E-state index in [1.807, 2.05) is 24.6 Å². The van der Waals surface area contributed by atoms with E-state index in [4.69, 9.17) is 0 Å². The maximum atomic E-state index is 11.5. The summed E-state index contributed by atoms with van der Waals surface area (Å²) in [6, 6.07) is 15.5. The molecule has 0 aliphatic rings. The van der Waals surface area contributed by atoms with Crippen molar-refractivity contribution in [2.24, 2.45) is 0 Å². The van der Waals surface area contributed by atoms with Gasteiger partial charge in [0.1, 0.15) is 0 Å². The molecule has 0 bridgehead atoms. The van der Waals surface area contributed by atoms with Crippen LogP contribution in [0.25, 0.3) is 10.4 Å². The van der Waals surface area contributed by atoms with Gasteiger partial charge in [-0.25, -0.2) is 13.4 Å². The number of aromatic nitrogens is 1. The summed E-state index contributed by atoms with van der Waals surface area (Å²) >= 11 is 1.65. The van der Waals surface area contributed by atoms with Gasteiger partial charge in [0.2, 0.25) is 0 Å². The molecule has 118 valence electrons. The Hall–Kier alpha value is -1.98. The highest BCUT2D eigenvalue weighted by atomic mass is 32.2. The fourth-order valence-electron chi connectivity index (χ4n) is 2.44. The summed E-state index contributed by atoms with van der Waals surface area (Å²) in [6.07, 6.45) is 2.01. The lowest BCUT2D eigenvalue weighted by Crippen LogP contribution is -1.97. The Balaban J connectivity index is 1.77. The molecule has 23 heavy (non-hydrogen) atoms. The Bertz CT molecular complexity index is 908. The van der Waals surface area contributed by atoms with Gasteiger partial charge in [0, 0.05) is 6.26 Å². The minimum Gasteiger partial charge on any atom is -0.249 e. The highest BCUT2D eigenvalue weighted by molar-refractivity contribution is 7.90. The maximum absolute atomic E-state index is 11.5. The summed E-state index contributed by atoms with van der Waals surface area (Å²) in [5.74, 6) is 0. The van der Waals surface area contributed by atoms with Gasteiger partial charge in [-0.05, 0) is 42.2 Å². The quantitative estimate of drug-likeness (QED) is 0.716. The average Bonchev–Trinajstić information content (AvgIpc) is 2.94. The van der Waals surface area contributed by atoms with Crippen molar-refractivity contribution in [3.63, 3.8) is 0 Å². The third-order valence-electron chi connectivity index (χ3n) is 3.72. The van der Waals surface area contributed by atoms with Crippen molar-refractivity contribution in [2.75, 3.05) is 6.26 Å². The summed E-state index contributed by atoms with van der Waals surface area (Å²) in [4.78, 5) is 5.84. The molecule has 3 aromatic rings. The second-order valence-corrected chi connectivity index (χ2v) is 8.43. The largest absolute Gasteiger partial charge is 0.249 e. The fraction of sp³-hybridized carbons (Fsp3) is 0.167. The molecule has 0 saturated carbocycles. The molecule has 0 N–H and O–H groups in total. The highest BCUT2D eigenvalue weighted by Crippen LogP contribution is 2.27. The molecule has 3 rings (SSSR count). The summed E-state index contributed by atoms with van der Waals surface area (Å²) in [5.41, 5.74) is 6.39. The van der Waals surface area contributed by atoms with Crippen LogP contribution < -0.4 is 0 Å². The van der Waals surface area contributed by atoms with Gasteiger partial charge >= 0.3 is 0 Å². The first-order chi connectivity index (χ1) is 10.9. The number of thiazole rings is 1. The van der Waals surface area contributed by atoms with E-state index in [2.05, 4.69) is 29.2 Å². The standard InChI is InChI=1S/C18H17NO2S2/c1-13-18(22-12-19-13)16-7-3-14(4-8-16)11-15-5-9-17(10-6-15)23(2,20)21/h3-10,12H,11H2,1-2H3. The molecule has 0 fully saturated rings. The summed E-state index contributed by atoms with van der Waals surface area (Å²) in [7, 11) is -3.13. The zero-order chi connectivity index (χ0) is 16.4. The van der Waals surface area contributed by atoms with Crippen molar-refractivity contribution in [1.82, 2.24) is 4.98 Å². The lowest BCUT2D eigenvalue weighted by molar-refractivity contribution is 0.602. The lowest BCUT2D eigenvalue weighted by atomic mass is 10.0. The Kier molecular flexibility index (Phi) is 4.33. The van der Waals surface area contributed by atoms with Crippen molar-refractivity contribution in [3.05, 3.63) is 70.9 Å². The predicted octanol–water partition coefficient (Wildman–Crippen LogP) is 4.11. The van der Waals surface area contributed by atoms with E-state index >= 15 is 0 Å². The van der Waals surface area contributed by atoms with Gasteiger partial charge < -0.3 is 0 Å². The van der Waals surface area contributed by atoms with Crippen LogP contribution in [0.1, 0.15) is 16.8 Å². The Morgan fingerprint density at radius 3 is 2.00 bits per heavy atom. The topological polar surface area (TPSA) is 47.0 Å². The molecule has 5 heteroatoms. The van der Waals surface area contributed by atoms with Crippen LogP contribution in [0.15, 0.2) is 58.9 Å². The van der Waals surface area contributed by atoms with Crippen molar-refractivity contribution < 1.29 is 8.42 Å².